The number of rotatable bonds is 2. The Balaban J connectivity index is 2.63. The summed E-state index contributed by atoms with van der Waals surface area (Å²) in [4.78, 5) is 0. The van der Waals surface area contributed by atoms with Crippen molar-refractivity contribution in [3.05, 3.63) is 29.8 Å². The molecule has 1 aliphatic heterocycles. The Kier molecular flexibility index (Phi) is 2.63. The van der Waals surface area contributed by atoms with Crippen molar-refractivity contribution in [1.82, 2.24) is 0 Å². The Hall–Kier alpha value is -1.54. The third kappa shape index (κ3) is 1.44. The average molecular weight is 250 g/mol. The van der Waals surface area contributed by atoms with Gasteiger partial charge in [0.1, 0.15) is 4.75 Å². The van der Waals surface area contributed by atoms with Gasteiger partial charge in [-0.25, -0.2) is 8.42 Å². The first-order valence-electron chi connectivity index (χ1n) is 5.40. The second-order valence-electron chi connectivity index (χ2n) is 4.38. The second-order valence-corrected chi connectivity index (χ2v) is 6.78. The molecular weight excluding hydrogens is 236 g/mol. The summed E-state index contributed by atoms with van der Waals surface area (Å²) in [5.41, 5.74) is 1.51. The molecule has 0 spiro atoms. The van der Waals surface area contributed by atoms with E-state index in [0.717, 1.165) is 5.56 Å². The van der Waals surface area contributed by atoms with E-state index in [1.54, 1.807) is 20.0 Å². The molecule has 1 unspecified atom stereocenters. The van der Waals surface area contributed by atoms with Gasteiger partial charge in [0.15, 0.2) is 0 Å². The molecule has 1 aromatic rings. The molecular formula is C12H14N2O2S. The van der Waals surface area contributed by atoms with Crippen LogP contribution in [0, 0.1) is 11.3 Å². The highest BCUT2D eigenvalue weighted by molar-refractivity contribution is 7.94. The zero-order valence-electron chi connectivity index (χ0n) is 9.84. The highest BCUT2D eigenvalue weighted by Gasteiger charge is 2.50. The van der Waals surface area contributed by atoms with Crippen LogP contribution in [0.2, 0.25) is 0 Å². The predicted octanol–water partition coefficient (Wildman–Crippen LogP) is 1.99. The normalized spacial score (nSPS) is 25.4. The number of nitrogens with zero attached hydrogens (tertiary/aromatic N) is 2. The van der Waals surface area contributed by atoms with E-state index in [-0.39, 0.29) is 6.42 Å². The van der Waals surface area contributed by atoms with E-state index in [9.17, 15) is 8.42 Å². The molecule has 0 N–H and O–H groups in total. The van der Waals surface area contributed by atoms with Crippen molar-refractivity contribution in [2.24, 2.45) is 0 Å². The van der Waals surface area contributed by atoms with Crippen molar-refractivity contribution in [2.45, 2.75) is 24.5 Å². The molecule has 0 saturated heterocycles. The molecule has 0 fully saturated rings. The van der Waals surface area contributed by atoms with Gasteiger partial charge in [-0.2, -0.15) is 5.26 Å². The molecule has 0 aromatic heterocycles. The molecule has 1 heterocycles. The van der Waals surface area contributed by atoms with E-state index in [1.807, 2.05) is 24.3 Å². The molecule has 2 rings (SSSR count). The minimum Gasteiger partial charge on any atom is -0.272 e. The number of fused-ring (bicyclic) bond motifs is 1. The maximum absolute atomic E-state index is 12.4. The highest BCUT2D eigenvalue weighted by atomic mass is 32.2. The van der Waals surface area contributed by atoms with Gasteiger partial charge in [-0.1, -0.05) is 18.2 Å². The Morgan fingerprint density at radius 3 is 2.71 bits per heavy atom. The first-order valence-corrected chi connectivity index (χ1v) is 6.84. The molecule has 1 aliphatic rings. The summed E-state index contributed by atoms with van der Waals surface area (Å²) in [5, 5.41) is 8.67. The van der Waals surface area contributed by atoms with Gasteiger partial charge in [-0.3, -0.25) is 4.31 Å². The summed E-state index contributed by atoms with van der Waals surface area (Å²) in [6.45, 7) is 1.70. The molecule has 4 nitrogen and oxygen atoms in total. The van der Waals surface area contributed by atoms with Gasteiger partial charge in [0.05, 0.1) is 11.8 Å². The molecule has 0 amide bonds. The van der Waals surface area contributed by atoms with E-state index in [0.29, 0.717) is 12.1 Å². The van der Waals surface area contributed by atoms with Crippen LogP contribution >= 0.6 is 0 Å². The summed E-state index contributed by atoms with van der Waals surface area (Å²) < 4.78 is 25.1. The maximum Gasteiger partial charge on any atom is 0.244 e. The number of hydrogen-bond donors (Lipinski definition) is 0. The topological polar surface area (TPSA) is 61.2 Å². The van der Waals surface area contributed by atoms with Crippen molar-refractivity contribution >= 4 is 15.7 Å². The van der Waals surface area contributed by atoms with Crippen molar-refractivity contribution in [2.75, 3.05) is 11.4 Å². The highest BCUT2D eigenvalue weighted by Crippen LogP contribution is 2.48. The lowest BCUT2D eigenvalue weighted by molar-refractivity contribution is 0.530. The van der Waals surface area contributed by atoms with Crippen molar-refractivity contribution < 1.29 is 8.42 Å². The molecule has 90 valence electrons. The first-order chi connectivity index (χ1) is 7.95. The standard InChI is InChI=1S/C12H14N2O2S/c1-12(8-5-9-13)10-6-3-4-7-11(10)14(2)17(12,15)16/h3-4,6-7H,5,8H2,1-2H3. The van der Waals surface area contributed by atoms with Crippen LogP contribution in [0.5, 0.6) is 0 Å². The smallest absolute Gasteiger partial charge is 0.244 e. The van der Waals surface area contributed by atoms with Crippen LogP contribution < -0.4 is 4.31 Å². The number of nitriles is 1. The Labute approximate surface area is 102 Å². The molecule has 0 aliphatic carbocycles. The van der Waals surface area contributed by atoms with E-state index in [2.05, 4.69) is 0 Å². The van der Waals surface area contributed by atoms with Gasteiger partial charge in [-0.05, 0) is 25.0 Å². The lowest BCUT2D eigenvalue weighted by Crippen LogP contribution is -2.35. The van der Waals surface area contributed by atoms with Crippen LogP contribution in [-0.4, -0.2) is 15.5 Å². The lowest BCUT2D eigenvalue weighted by atomic mass is 9.94. The summed E-state index contributed by atoms with van der Waals surface area (Å²) in [6, 6.07) is 9.30. The van der Waals surface area contributed by atoms with Crippen LogP contribution in [-0.2, 0) is 14.8 Å². The zero-order chi connectivity index (χ0) is 12.7. The SMILES string of the molecule is CN1c2ccccc2C(C)(CCC#N)S1(=O)=O. The molecule has 0 bridgehead atoms. The molecule has 0 radical (unpaired) electrons. The van der Waals surface area contributed by atoms with E-state index in [1.165, 1.54) is 4.31 Å². The third-order valence-electron chi connectivity index (χ3n) is 3.46. The van der Waals surface area contributed by atoms with E-state index < -0.39 is 14.8 Å². The second kappa shape index (κ2) is 3.74. The van der Waals surface area contributed by atoms with Gasteiger partial charge in [0, 0.05) is 13.5 Å². The number of hydrogen-bond acceptors (Lipinski definition) is 3. The monoisotopic (exact) mass is 250 g/mol. The largest absolute Gasteiger partial charge is 0.272 e. The van der Waals surface area contributed by atoms with Crippen LogP contribution in [0.25, 0.3) is 0 Å². The fourth-order valence-electron chi connectivity index (χ4n) is 2.32. The van der Waals surface area contributed by atoms with Gasteiger partial charge >= 0.3 is 0 Å². The van der Waals surface area contributed by atoms with Gasteiger partial charge in [0.25, 0.3) is 0 Å². The maximum atomic E-state index is 12.4. The van der Waals surface area contributed by atoms with Crippen LogP contribution in [0.3, 0.4) is 0 Å². The van der Waals surface area contributed by atoms with E-state index in [4.69, 9.17) is 5.26 Å². The summed E-state index contributed by atoms with van der Waals surface area (Å²) >= 11 is 0. The van der Waals surface area contributed by atoms with Crippen molar-refractivity contribution in [3.8, 4) is 6.07 Å². The van der Waals surface area contributed by atoms with Gasteiger partial charge in [0.2, 0.25) is 10.0 Å². The quantitative estimate of drug-likeness (QED) is 0.806. The number of sulfonamides is 1. The first kappa shape index (κ1) is 11.9. The predicted molar refractivity (Wildman–Crippen MR) is 66.0 cm³/mol. The number of anilines is 1. The number of para-hydroxylation sites is 1. The Bertz CT molecular complexity index is 589. The molecule has 0 saturated carbocycles. The van der Waals surface area contributed by atoms with Gasteiger partial charge < -0.3 is 0 Å². The van der Waals surface area contributed by atoms with E-state index >= 15 is 0 Å². The minimum atomic E-state index is -3.41. The fraction of sp³-hybridized carbons (Fsp3) is 0.417. The third-order valence-corrected chi connectivity index (χ3v) is 5.94. The Morgan fingerprint density at radius 1 is 1.41 bits per heavy atom. The summed E-state index contributed by atoms with van der Waals surface area (Å²) in [7, 11) is -1.85. The Morgan fingerprint density at radius 2 is 2.06 bits per heavy atom. The molecule has 1 aromatic carbocycles. The zero-order valence-corrected chi connectivity index (χ0v) is 10.7. The fourth-order valence-corrected chi connectivity index (χ4v) is 4.16. The molecule has 5 heteroatoms. The van der Waals surface area contributed by atoms with Crippen molar-refractivity contribution in [3.63, 3.8) is 0 Å². The number of benzene rings is 1. The summed E-state index contributed by atoms with van der Waals surface area (Å²) in [6.07, 6.45) is 0.561. The lowest BCUT2D eigenvalue weighted by Gasteiger charge is -2.23. The van der Waals surface area contributed by atoms with Crippen LogP contribution in [0.15, 0.2) is 24.3 Å². The molecule has 17 heavy (non-hydrogen) atoms. The van der Waals surface area contributed by atoms with Crippen LogP contribution in [0.1, 0.15) is 25.3 Å². The van der Waals surface area contributed by atoms with Crippen molar-refractivity contribution in [1.29, 1.82) is 5.26 Å². The minimum absolute atomic E-state index is 0.234. The summed E-state index contributed by atoms with van der Waals surface area (Å²) in [5.74, 6) is 0. The average Bonchev–Trinajstić information content (AvgIpc) is 2.48. The van der Waals surface area contributed by atoms with Crippen LogP contribution in [0.4, 0.5) is 5.69 Å². The molecule has 1 atom stereocenters. The van der Waals surface area contributed by atoms with Gasteiger partial charge in [-0.15, -0.1) is 0 Å².